The van der Waals surface area contributed by atoms with Crippen molar-refractivity contribution in [1.82, 2.24) is 4.57 Å². The molecule has 4 fully saturated rings. The summed E-state index contributed by atoms with van der Waals surface area (Å²) in [5.41, 5.74) is -0.262. The zero-order valence-electron chi connectivity index (χ0n) is 14.0. The van der Waals surface area contributed by atoms with Gasteiger partial charge in [0.1, 0.15) is 6.04 Å². The van der Waals surface area contributed by atoms with Gasteiger partial charge in [0.25, 0.3) is 5.91 Å². The summed E-state index contributed by atoms with van der Waals surface area (Å²) < 4.78 is 1.64. The number of carbonyl (C=O) groups is 2. The SMILES string of the molecule is CCC(C(=O)O)n1ccs/c1=N\C(=O)C12CC3CC(CC(C3)C1)C2. The van der Waals surface area contributed by atoms with Crippen molar-refractivity contribution >= 4 is 23.2 Å². The van der Waals surface area contributed by atoms with Crippen LogP contribution in [0, 0.1) is 23.2 Å². The highest BCUT2D eigenvalue weighted by Gasteiger charge is 2.54. The first-order valence-corrected chi connectivity index (χ1v) is 9.86. The minimum absolute atomic E-state index is 0.00181. The van der Waals surface area contributed by atoms with Crippen LogP contribution in [0.1, 0.15) is 57.9 Å². The highest BCUT2D eigenvalue weighted by atomic mass is 32.1. The van der Waals surface area contributed by atoms with Gasteiger partial charge in [-0.15, -0.1) is 11.3 Å². The summed E-state index contributed by atoms with van der Waals surface area (Å²) in [6, 6.07) is -0.654. The van der Waals surface area contributed by atoms with Crippen molar-refractivity contribution in [2.24, 2.45) is 28.2 Å². The van der Waals surface area contributed by atoms with Crippen LogP contribution in [0.25, 0.3) is 0 Å². The number of carboxylic acid groups (broad SMARTS) is 1. The lowest BCUT2D eigenvalue weighted by Gasteiger charge is -2.55. The van der Waals surface area contributed by atoms with Crippen LogP contribution in [-0.4, -0.2) is 21.6 Å². The van der Waals surface area contributed by atoms with Crippen LogP contribution in [0.2, 0.25) is 0 Å². The van der Waals surface area contributed by atoms with Crippen LogP contribution in [-0.2, 0) is 9.59 Å². The highest BCUT2D eigenvalue weighted by Crippen LogP contribution is 2.60. The van der Waals surface area contributed by atoms with Crippen molar-refractivity contribution in [1.29, 1.82) is 0 Å². The number of carbonyl (C=O) groups excluding carboxylic acids is 1. The molecule has 0 aliphatic heterocycles. The van der Waals surface area contributed by atoms with Gasteiger partial charge < -0.3 is 9.67 Å². The summed E-state index contributed by atoms with van der Waals surface area (Å²) in [4.78, 5) is 29.5. The van der Waals surface area contributed by atoms with Crippen LogP contribution < -0.4 is 4.80 Å². The molecule has 1 aromatic heterocycles. The minimum Gasteiger partial charge on any atom is -0.480 e. The molecule has 4 aliphatic carbocycles. The number of amides is 1. The van der Waals surface area contributed by atoms with Crippen molar-refractivity contribution in [2.75, 3.05) is 0 Å². The fourth-order valence-corrected chi connectivity index (χ4v) is 6.43. The number of rotatable bonds is 4. The van der Waals surface area contributed by atoms with Gasteiger partial charge in [0.05, 0.1) is 5.41 Å². The summed E-state index contributed by atoms with van der Waals surface area (Å²) in [5.74, 6) is 1.23. The van der Waals surface area contributed by atoms with Gasteiger partial charge in [-0.05, 0) is 62.7 Å². The van der Waals surface area contributed by atoms with Gasteiger partial charge in [-0.1, -0.05) is 6.92 Å². The van der Waals surface area contributed by atoms with Gasteiger partial charge in [0.15, 0.2) is 4.80 Å². The minimum atomic E-state index is -0.875. The number of hydrogen-bond donors (Lipinski definition) is 1. The Morgan fingerprint density at radius 1 is 1.29 bits per heavy atom. The van der Waals surface area contributed by atoms with Gasteiger partial charge >= 0.3 is 5.97 Å². The molecule has 24 heavy (non-hydrogen) atoms. The Hall–Kier alpha value is -1.43. The Balaban J connectivity index is 1.66. The Morgan fingerprint density at radius 2 is 1.88 bits per heavy atom. The molecule has 1 heterocycles. The van der Waals surface area contributed by atoms with E-state index in [2.05, 4.69) is 4.99 Å². The number of thiazole rings is 1. The number of aliphatic carboxylic acids is 1. The Kier molecular flexibility index (Phi) is 3.90. The van der Waals surface area contributed by atoms with E-state index in [1.54, 1.807) is 10.8 Å². The first kappa shape index (κ1) is 16.1. The van der Waals surface area contributed by atoms with E-state index >= 15 is 0 Å². The molecule has 4 aliphatic rings. The molecule has 4 bridgehead atoms. The summed E-state index contributed by atoms with van der Waals surface area (Å²) in [6.45, 7) is 1.84. The van der Waals surface area contributed by atoms with Crippen molar-refractivity contribution in [3.8, 4) is 0 Å². The van der Waals surface area contributed by atoms with Crippen LogP contribution in [0.4, 0.5) is 0 Å². The van der Waals surface area contributed by atoms with Gasteiger partial charge in [-0.3, -0.25) is 4.79 Å². The number of hydrogen-bond acceptors (Lipinski definition) is 3. The van der Waals surface area contributed by atoms with Gasteiger partial charge in [-0.25, -0.2) is 4.79 Å². The summed E-state index contributed by atoms with van der Waals surface area (Å²) in [6.07, 6.45) is 9.06. The maximum absolute atomic E-state index is 13.1. The van der Waals surface area contributed by atoms with Crippen LogP contribution >= 0.6 is 11.3 Å². The third kappa shape index (κ3) is 2.55. The number of aromatic nitrogens is 1. The monoisotopic (exact) mass is 348 g/mol. The van der Waals surface area contributed by atoms with Crippen molar-refractivity contribution in [3.63, 3.8) is 0 Å². The number of nitrogens with zero attached hydrogens (tertiary/aromatic N) is 2. The average molecular weight is 348 g/mol. The molecule has 6 heteroatoms. The second-order valence-corrected chi connectivity index (χ2v) is 8.84. The molecule has 1 N–H and O–H groups in total. The third-order valence-electron chi connectivity index (χ3n) is 6.31. The quantitative estimate of drug-likeness (QED) is 0.908. The first-order valence-electron chi connectivity index (χ1n) is 8.98. The maximum atomic E-state index is 13.1. The Bertz CT molecular complexity index is 697. The summed E-state index contributed by atoms with van der Waals surface area (Å²) in [7, 11) is 0. The molecule has 0 radical (unpaired) electrons. The van der Waals surface area contributed by atoms with E-state index in [-0.39, 0.29) is 11.3 Å². The predicted molar refractivity (Wildman–Crippen MR) is 90.4 cm³/mol. The molecule has 1 atom stereocenters. The van der Waals surface area contributed by atoms with E-state index in [4.69, 9.17) is 0 Å². The van der Waals surface area contributed by atoms with Crippen molar-refractivity contribution in [3.05, 3.63) is 16.4 Å². The zero-order valence-corrected chi connectivity index (χ0v) is 14.8. The molecular weight excluding hydrogens is 324 g/mol. The molecular formula is C18H24N2O3S. The maximum Gasteiger partial charge on any atom is 0.326 e. The third-order valence-corrected chi connectivity index (χ3v) is 7.08. The molecule has 4 saturated carbocycles. The van der Waals surface area contributed by atoms with Crippen LogP contribution in [0.3, 0.4) is 0 Å². The average Bonchev–Trinajstić information content (AvgIpc) is 2.94. The predicted octanol–water partition coefficient (Wildman–Crippen LogP) is 3.23. The molecule has 5 rings (SSSR count). The second-order valence-electron chi connectivity index (χ2n) is 7.97. The first-order chi connectivity index (χ1) is 11.5. The van der Waals surface area contributed by atoms with Crippen molar-refractivity contribution < 1.29 is 14.7 Å². The molecule has 0 aromatic carbocycles. The van der Waals surface area contributed by atoms with E-state index in [1.807, 2.05) is 12.3 Å². The van der Waals surface area contributed by atoms with Crippen molar-refractivity contribution in [2.45, 2.75) is 57.9 Å². The summed E-state index contributed by atoms with van der Waals surface area (Å²) in [5, 5.41) is 11.2. The molecule has 0 saturated heterocycles. The molecule has 130 valence electrons. The second kappa shape index (κ2) is 5.83. The van der Waals surface area contributed by atoms with Gasteiger partial charge in [0, 0.05) is 11.6 Å². The standard InChI is InChI=1S/C18H24N2O3S/c1-2-14(15(21)22)20-3-4-24-17(20)19-16(23)18-8-11-5-12(9-18)7-13(6-11)10-18/h3-4,11-14H,2,5-10H2,1H3,(H,21,22)/b19-17-. The van der Waals surface area contributed by atoms with E-state index in [0.717, 1.165) is 19.3 Å². The van der Waals surface area contributed by atoms with E-state index in [1.165, 1.54) is 30.6 Å². The van der Waals surface area contributed by atoms with E-state index in [0.29, 0.717) is 29.0 Å². The smallest absolute Gasteiger partial charge is 0.326 e. The zero-order chi connectivity index (χ0) is 16.9. The molecule has 1 amide bonds. The topological polar surface area (TPSA) is 71.7 Å². The highest BCUT2D eigenvalue weighted by molar-refractivity contribution is 7.07. The molecule has 5 nitrogen and oxygen atoms in total. The summed E-state index contributed by atoms with van der Waals surface area (Å²) >= 11 is 1.36. The Labute approximate surface area is 145 Å². The fourth-order valence-electron chi connectivity index (χ4n) is 5.67. The largest absolute Gasteiger partial charge is 0.480 e. The molecule has 1 unspecified atom stereocenters. The fraction of sp³-hybridized carbons (Fsp3) is 0.722. The van der Waals surface area contributed by atoms with E-state index < -0.39 is 12.0 Å². The normalized spacial score (nSPS) is 36.0. The van der Waals surface area contributed by atoms with Crippen LogP contribution in [0.15, 0.2) is 16.6 Å². The lowest BCUT2D eigenvalue weighted by Crippen LogP contribution is -2.50. The Morgan fingerprint density at radius 3 is 2.38 bits per heavy atom. The molecule has 0 spiro atoms. The van der Waals surface area contributed by atoms with E-state index in [9.17, 15) is 14.7 Å². The van der Waals surface area contributed by atoms with Crippen LogP contribution in [0.5, 0.6) is 0 Å². The lowest BCUT2D eigenvalue weighted by molar-refractivity contribution is -0.143. The molecule has 1 aromatic rings. The van der Waals surface area contributed by atoms with Gasteiger partial charge in [-0.2, -0.15) is 4.99 Å². The van der Waals surface area contributed by atoms with Gasteiger partial charge in [0.2, 0.25) is 0 Å². The lowest BCUT2D eigenvalue weighted by atomic mass is 9.49. The number of carboxylic acids is 1.